The molecule has 68 heteroatoms. The topological polar surface area (TPSA) is 955 Å². The van der Waals surface area contributed by atoms with Crippen LogP contribution in [0.3, 0.4) is 0 Å². The second-order valence-corrected chi connectivity index (χ2v) is 50.3. The zero-order valence-electron chi connectivity index (χ0n) is 86.3. The average Bonchev–Trinajstić information content (AvgIpc) is 1.60. The van der Waals surface area contributed by atoms with Gasteiger partial charge in [0.05, 0.1) is 30.2 Å². The number of hydrogen-bond acceptors (Lipinski definition) is 39. The van der Waals surface area contributed by atoms with Crippen LogP contribution in [0.2, 0.25) is 31.6 Å². The van der Waals surface area contributed by atoms with Crippen LogP contribution in [-0.4, -0.2) is 467 Å². The SMILES string of the molecule is CCN(CCN)S(=O)(=O)N1C[C@H](CCCB(O)O)[C@](NC(=O)[C@H](C)N)(C(=O)O)C1.CCN([C@@H](C)C1(N)CC1)S(=O)(=O)N1C[C@H](CCCB(O)O)[C@](NC(=O)[C@H](C)N)(C(=O)O)C1.CCN([C@@H]1C[C@H]1N)S(=O)(=O)N1C[C@H](CCCB(O)O)[C@](NC(=O)[C@H](C)N)(C(=O)O)C1.CCN([C@H]1C[C@@H]1N)S(=O)(=O)N1C[C@H](CCCB(O)O)[C@](NC(=O)[C@H](C)N)(C(=O)O)C1.N[C@@]1(C(=O)O)CN(S(=O)(=O)N(C2CCCC2)C2CNC2)C[C@@H]1CCCB(O)O. The number of carbonyl (C=O) groups excluding carboxylic acids is 4. The van der Waals surface area contributed by atoms with Gasteiger partial charge in [-0.1, -0.05) is 72.6 Å². The predicted molar refractivity (Wildman–Crippen MR) is 547 cm³/mol. The van der Waals surface area contributed by atoms with Crippen LogP contribution < -0.4 is 78.2 Å². The van der Waals surface area contributed by atoms with Gasteiger partial charge in [0.25, 0.3) is 51.0 Å². The molecule has 6 saturated heterocycles. The lowest BCUT2D eigenvalue weighted by atomic mass is 9.78. The van der Waals surface area contributed by atoms with E-state index < -0.39 is 259 Å². The lowest BCUT2D eigenvalue weighted by Crippen LogP contribution is -2.64. The first-order chi connectivity index (χ1) is 69.0. The Hall–Kier alpha value is -5.90. The minimum absolute atomic E-state index is 0.00179. The maximum atomic E-state index is 13.5. The van der Waals surface area contributed by atoms with E-state index in [1.54, 1.807) is 38.9 Å². The third-order valence-electron chi connectivity index (χ3n) is 29.8. The zero-order valence-corrected chi connectivity index (χ0v) is 90.4. The molecule has 10 rings (SSSR count). The summed E-state index contributed by atoms with van der Waals surface area (Å²) in [5.41, 5.74) is 42.1. The average molecular weight is 2230 g/mol. The summed E-state index contributed by atoms with van der Waals surface area (Å²) in [7, 11) is -27.7. The molecule has 10 fully saturated rings. The van der Waals surface area contributed by atoms with Crippen molar-refractivity contribution < 1.29 is 161 Å². The molecule has 0 aromatic rings. The van der Waals surface area contributed by atoms with E-state index in [1.165, 1.54) is 44.9 Å². The first-order valence-corrected chi connectivity index (χ1v) is 57.6. The number of nitrogens with zero attached hydrogens (tertiary/aromatic N) is 10. The first-order valence-electron chi connectivity index (χ1n) is 50.6. The highest BCUT2D eigenvalue weighted by Crippen LogP contribution is 2.45. The fourth-order valence-corrected chi connectivity index (χ4v) is 30.0. The number of carbonyl (C=O) groups is 9. The smallest absolute Gasteiger partial charge is 0.451 e. The molecule has 0 aromatic heterocycles. The Bertz CT molecular complexity index is 4950. The summed E-state index contributed by atoms with van der Waals surface area (Å²) < 4.78 is 145. The van der Waals surface area contributed by atoms with E-state index in [0.29, 0.717) is 51.6 Å². The summed E-state index contributed by atoms with van der Waals surface area (Å²) in [6.45, 7) is 13.5. The van der Waals surface area contributed by atoms with E-state index in [1.807, 2.05) is 0 Å². The van der Waals surface area contributed by atoms with Gasteiger partial charge in [-0.25, -0.2) is 19.2 Å². The van der Waals surface area contributed by atoms with E-state index >= 15 is 0 Å². The van der Waals surface area contributed by atoms with Crippen molar-refractivity contribution in [2.24, 2.45) is 81.2 Å². The first kappa shape index (κ1) is 132. The molecular formula is C81H163B5N24O34S5. The van der Waals surface area contributed by atoms with Crippen LogP contribution in [0.25, 0.3) is 0 Å². The third kappa shape index (κ3) is 32.7. The summed E-state index contributed by atoms with van der Waals surface area (Å²) >= 11 is 0. The van der Waals surface area contributed by atoms with Crippen molar-refractivity contribution in [1.82, 2.24) is 69.6 Å². The standard InChI is InChI=1S/C18H36BN5O7S.2C16H32BN5O7S.C16H31BN4O6S.C15H32BN5O7S/c1-4-24(13(3)17(21)7-8-17)32(30,31)23-10-14(6-5-9-19(28)29)18(11-23,16(26)27)22-15(25)12(2)20;2*1-3-22(13-7-12(13)19)30(28,29)21-8-11(5-4-6-17(26)27)16(9-21,15(24)25)20-14(23)10(2)18;18-16(15(22)23)11-20(10-12(16)4-3-7-17(24)25)28(26,27)21(14-8-19-9-14)13-5-1-2-6-13;1-3-20(8-7-17)29(27,28)21-9-12(5-4-6-16(25)26)15(10-21,14(23)24)19-13(22)11(2)18/h12-14,28-29H,4-11,20-21H2,1-3H3,(H,22,25)(H,26,27);2*10-13,26-27H,3-9,18-19H2,1-2H3,(H,20,23)(H,24,25);12-14,19,24-25H,1-11,18H2,(H,22,23);11-12,25-26H,3-10,17-18H2,1-2H3,(H,19,22)(H,23,24)/t12-,13-,14-,18-;10-,11-,12+,13+,16-;10-,11-,12-,13-,16-;12-,16-;11-,12-,15-/m00000/s1. The Balaban J connectivity index is 0.000000284. The largest absolute Gasteiger partial charge is 0.480 e. The van der Waals surface area contributed by atoms with Crippen molar-refractivity contribution in [3.05, 3.63) is 0 Å². The Morgan fingerprint density at radius 1 is 0.396 bits per heavy atom. The summed E-state index contributed by atoms with van der Waals surface area (Å²) in [4.78, 5) is 110. The van der Waals surface area contributed by atoms with Crippen LogP contribution in [0.4, 0.5) is 0 Å². The number of carboxylic acids is 5. The van der Waals surface area contributed by atoms with E-state index in [2.05, 4.69) is 26.6 Å². The predicted octanol–water partition coefficient (Wildman–Crippen LogP) is -12.4. The van der Waals surface area contributed by atoms with Gasteiger partial charge < -0.3 is 154 Å². The van der Waals surface area contributed by atoms with Crippen molar-refractivity contribution in [2.75, 3.05) is 118 Å². The molecule has 0 bridgehead atoms. The number of likely N-dealkylation sites (N-methyl/N-ethyl adjacent to an activating group) is 4. The Morgan fingerprint density at radius 2 is 0.671 bits per heavy atom. The van der Waals surface area contributed by atoms with Crippen molar-refractivity contribution in [3.8, 4) is 0 Å². The summed E-state index contributed by atoms with van der Waals surface area (Å²) in [6.07, 6.45) is 8.51. The van der Waals surface area contributed by atoms with Gasteiger partial charge in [0.2, 0.25) is 23.6 Å². The molecule has 4 saturated carbocycles. The van der Waals surface area contributed by atoms with Gasteiger partial charge in [0.1, 0.15) is 5.54 Å². The quantitative estimate of drug-likeness (QED) is 0.0251. The molecule has 10 aliphatic rings. The summed E-state index contributed by atoms with van der Waals surface area (Å²) in [5, 5.41) is 153. The van der Waals surface area contributed by atoms with Gasteiger partial charge in [-0.05, 0) is 137 Å². The molecule has 149 heavy (non-hydrogen) atoms. The number of aliphatic carboxylic acids is 5. The third-order valence-corrected chi connectivity index (χ3v) is 40.1. The highest BCUT2D eigenvalue weighted by atomic mass is 32.2. The molecule has 58 nitrogen and oxygen atoms in total. The minimum atomic E-state index is -4.09. The van der Waals surface area contributed by atoms with Crippen LogP contribution in [0.1, 0.15) is 178 Å². The van der Waals surface area contributed by atoms with Crippen LogP contribution >= 0.6 is 0 Å². The molecule has 0 unspecified atom stereocenters. The van der Waals surface area contributed by atoms with Crippen LogP contribution in [-0.2, 0) is 94.2 Å². The van der Waals surface area contributed by atoms with Gasteiger partial charge in [0, 0.05) is 189 Å². The minimum Gasteiger partial charge on any atom is -0.480 e. The number of nitrogens with two attached hydrogens (primary N) is 9. The molecule has 6 aliphatic heterocycles. The Labute approximate surface area is 874 Å². The molecule has 38 N–H and O–H groups in total. The maximum absolute atomic E-state index is 13.5. The molecule has 0 spiro atoms. The number of rotatable bonds is 55. The van der Waals surface area contributed by atoms with E-state index in [9.17, 15) is 111 Å². The fourth-order valence-electron chi connectivity index (χ4n) is 20.3. The maximum Gasteiger partial charge on any atom is 0.451 e. The molecule has 856 valence electrons. The zero-order chi connectivity index (χ0) is 113. The van der Waals surface area contributed by atoms with Crippen molar-refractivity contribution in [1.29, 1.82) is 0 Å². The monoisotopic (exact) mass is 2230 g/mol. The second-order valence-electron chi connectivity index (χ2n) is 40.9. The fraction of sp³-hybridized carbons (Fsp3) is 0.889. The number of amides is 4. The Morgan fingerprint density at radius 3 is 0.899 bits per heavy atom. The molecule has 4 aliphatic carbocycles. The number of nitrogens with one attached hydrogen (secondary N) is 5. The molecule has 6 heterocycles. The summed E-state index contributed by atoms with van der Waals surface area (Å²) in [6, 6.07) is -5.74. The molecular weight excluding hydrogens is 2070 g/mol. The van der Waals surface area contributed by atoms with Crippen molar-refractivity contribution in [2.45, 2.75) is 309 Å². The normalized spacial score (nSPS) is 28.3. The van der Waals surface area contributed by atoms with Gasteiger partial charge in [-0.15, -0.1) is 0 Å². The molecule has 19 atom stereocenters. The van der Waals surface area contributed by atoms with E-state index in [-0.39, 0.29) is 198 Å². The van der Waals surface area contributed by atoms with Gasteiger partial charge in [-0.3, -0.25) is 24.0 Å². The highest BCUT2D eigenvalue weighted by molar-refractivity contribution is 7.88. The second kappa shape index (κ2) is 55.3. The Kier molecular flexibility index (Phi) is 48.9. The molecule has 4 amide bonds. The molecule has 0 aromatic carbocycles. The highest BCUT2D eigenvalue weighted by Gasteiger charge is 2.64. The van der Waals surface area contributed by atoms with Gasteiger partial charge >= 0.3 is 65.4 Å². The van der Waals surface area contributed by atoms with Gasteiger partial charge in [0.15, 0.2) is 22.2 Å². The van der Waals surface area contributed by atoms with Crippen LogP contribution in [0.15, 0.2) is 0 Å². The summed E-state index contributed by atoms with van der Waals surface area (Å²) in [5.74, 6) is -13.3. The van der Waals surface area contributed by atoms with Crippen molar-refractivity contribution >= 4 is 140 Å². The van der Waals surface area contributed by atoms with E-state index in [0.717, 1.165) is 47.2 Å². The lowest BCUT2D eigenvalue weighted by molar-refractivity contribution is -0.149. The lowest BCUT2D eigenvalue weighted by Gasteiger charge is -2.42. The number of carboxylic acid groups (broad SMARTS) is 5. The van der Waals surface area contributed by atoms with E-state index in [4.69, 9.17) is 102 Å². The van der Waals surface area contributed by atoms with Gasteiger partial charge in [-0.2, -0.15) is 85.1 Å². The molecule has 0 radical (unpaired) electrons. The van der Waals surface area contributed by atoms with Crippen LogP contribution in [0.5, 0.6) is 0 Å². The van der Waals surface area contributed by atoms with Crippen molar-refractivity contribution in [3.63, 3.8) is 0 Å². The van der Waals surface area contributed by atoms with Crippen LogP contribution in [0, 0.1) is 29.6 Å². The number of hydrogen-bond donors (Lipinski definition) is 29.